The summed E-state index contributed by atoms with van der Waals surface area (Å²) < 4.78 is 102. The molecule has 3 atom stereocenters. The lowest BCUT2D eigenvalue weighted by atomic mass is 9.93. The largest absolute Gasteiger partial charge is 0.435 e. The predicted octanol–water partition coefficient (Wildman–Crippen LogP) is 6.72. The van der Waals surface area contributed by atoms with Crippen LogP contribution in [0.4, 0.5) is 30.7 Å². The summed E-state index contributed by atoms with van der Waals surface area (Å²) in [6.07, 6.45) is -3.82. The fourth-order valence-corrected chi connectivity index (χ4v) is 6.72. The highest BCUT2D eigenvalue weighted by atomic mass is 19.4. The first-order chi connectivity index (χ1) is 23.9. The lowest BCUT2D eigenvalue weighted by Gasteiger charge is -2.23. The van der Waals surface area contributed by atoms with Gasteiger partial charge in [-0.15, -0.1) is 0 Å². The number of nitrogens with zero attached hydrogens (tertiary/aromatic N) is 4. The molecule has 3 heterocycles. The van der Waals surface area contributed by atoms with Crippen LogP contribution < -0.4 is 5.32 Å². The van der Waals surface area contributed by atoms with E-state index in [9.17, 15) is 31.9 Å². The number of hydrogen-bond donors (Lipinski definition) is 3. The van der Waals surface area contributed by atoms with Crippen LogP contribution in [0, 0.1) is 29.4 Å². The molecule has 3 aromatic heterocycles. The maximum atomic E-state index is 15.4. The summed E-state index contributed by atoms with van der Waals surface area (Å²) in [5, 5.41) is 23.9. The van der Waals surface area contributed by atoms with Crippen molar-refractivity contribution in [3.05, 3.63) is 112 Å². The van der Waals surface area contributed by atoms with Crippen molar-refractivity contribution in [2.75, 3.05) is 0 Å². The van der Waals surface area contributed by atoms with Gasteiger partial charge in [-0.25, -0.2) is 13.8 Å². The minimum Gasteiger partial charge on any atom is -0.378 e. The van der Waals surface area contributed by atoms with E-state index in [1.165, 1.54) is 13.8 Å². The number of amides is 1. The normalized spacial score (nSPS) is 18.2. The summed E-state index contributed by atoms with van der Waals surface area (Å²) in [4.78, 5) is 18.4. The third-order valence-electron chi connectivity index (χ3n) is 8.82. The molecule has 7 rings (SSSR count). The Bertz CT molecular complexity index is 2290. The molecular formula is C36H27F7N6O2. The molecule has 0 aliphatic heterocycles. The van der Waals surface area contributed by atoms with E-state index in [2.05, 4.69) is 44.0 Å². The number of halogens is 7. The first kappa shape index (κ1) is 34.0. The minimum absolute atomic E-state index is 0.0387. The van der Waals surface area contributed by atoms with Crippen molar-refractivity contribution in [1.29, 1.82) is 0 Å². The number of benzene rings is 2. The number of carbonyl (C=O) groups is 1. The van der Waals surface area contributed by atoms with Crippen molar-refractivity contribution < 1.29 is 40.6 Å². The van der Waals surface area contributed by atoms with Gasteiger partial charge in [0.25, 0.3) is 5.92 Å². The number of rotatable bonds is 7. The molecule has 1 saturated carbocycles. The molecule has 15 heteroatoms. The van der Waals surface area contributed by atoms with Crippen molar-refractivity contribution in [1.82, 2.24) is 30.3 Å². The summed E-state index contributed by atoms with van der Waals surface area (Å²) in [6, 6.07) is 9.91. The quantitative estimate of drug-likeness (QED) is 0.0990. The van der Waals surface area contributed by atoms with Gasteiger partial charge in [-0.05, 0) is 67.6 Å². The number of carbonyl (C=O) groups excluding carboxylic acids is 1. The Labute approximate surface area is 285 Å². The van der Waals surface area contributed by atoms with Crippen molar-refractivity contribution in [3.8, 4) is 23.0 Å². The molecule has 1 amide bonds. The van der Waals surface area contributed by atoms with Crippen LogP contribution in [0.3, 0.4) is 0 Å². The van der Waals surface area contributed by atoms with E-state index in [0.717, 1.165) is 12.1 Å². The van der Waals surface area contributed by atoms with Gasteiger partial charge in [0.05, 0.1) is 29.4 Å². The molecule has 3 N–H and O–H groups in total. The predicted molar refractivity (Wildman–Crippen MR) is 170 cm³/mol. The first-order valence-corrected chi connectivity index (χ1v) is 15.6. The van der Waals surface area contributed by atoms with Crippen molar-refractivity contribution in [2.24, 2.45) is 5.92 Å². The molecule has 262 valence electrons. The van der Waals surface area contributed by atoms with E-state index in [4.69, 9.17) is 0 Å². The first-order valence-electron chi connectivity index (χ1n) is 15.6. The molecule has 2 aromatic carbocycles. The van der Waals surface area contributed by atoms with Crippen molar-refractivity contribution in [2.45, 2.75) is 56.5 Å². The number of fused-ring (bicyclic) bond motifs is 4. The number of pyridine rings is 1. The molecule has 0 bridgehead atoms. The summed E-state index contributed by atoms with van der Waals surface area (Å²) in [7, 11) is 0. The van der Waals surface area contributed by atoms with Gasteiger partial charge in [-0.1, -0.05) is 30.2 Å². The van der Waals surface area contributed by atoms with Gasteiger partial charge in [0, 0.05) is 28.5 Å². The highest BCUT2D eigenvalue weighted by molar-refractivity contribution is 5.95. The van der Waals surface area contributed by atoms with E-state index in [-0.39, 0.29) is 28.9 Å². The SMILES string of the molecule is C=C1[C@@H]2c3c(C(F)(F)F)nn(CC(=O)N[C@@H](Cc4cc(F)cc(F)c4)c4nc(C#CC(C)(C)O)ccc4-c4cccc5[nH]ncc45)c3C(F)(F)[C@H]12. The Morgan fingerprint density at radius 3 is 2.53 bits per heavy atom. The fraction of sp³-hybridized carbons (Fsp3) is 0.278. The molecule has 51 heavy (non-hydrogen) atoms. The van der Waals surface area contributed by atoms with Gasteiger partial charge in [-0.2, -0.15) is 32.1 Å². The maximum absolute atomic E-state index is 15.4. The molecule has 2 aliphatic carbocycles. The Morgan fingerprint density at radius 2 is 1.84 bits per heavy atom. The second-order valence-electron chi connectivity index (χ2n) is 13.1. The molecule has 0 spiro atoms. The molecular weight excluding hydrogens is 681 g/mol. The third kappa shape index (κ3) is 6.24. The Kier molecular flexibility index (Phi) is 7.86. The lowest BCUT2D eigenvalue weighted by Crippen LogP contribution is -2.35. The number of allylic oxidation sites excluding steroid dienone is 1. The monoisotopic (exact) mass is 708 g/mol. The van der Waals surface area contributed by atoms with Crippen LogP contribution in [0.25, 0.3) is 22.0 Å². The van der Waals surface area contributed by atoms with Gasteiger partial charge in [0.2, 0.25) is 5.91 Å². The summed E-state index contributed by atoms with van der Waals surface area (Å²) in [5.41, 5.74) is -2.70. The van der Waals surface area contributed by atoms with E-state index in [0.29, 0.717) is 32.8 Å². The minimum atomic E-state index is -5.08. The highest BCUT2D eigenvalue weighted by Crippen LogP contribution is 2.71. The molecule has 1 fully saturated rings. The zero-order chi connectivity index (χ0) is 36.6. The molecule has 2 aliphatic rings. The van der Waals surface area contributed by atoms with E-state index in [1.807, 2.05) is 0 Å². The topological polar surface area (TPSA) is 109 Å². The van der Waals surface area contributed by atoms with E-state index < -0.39 is 76.6 Å². The Balaban J connectivity index is 1.34. The number of nitrogens with one attached hydrogen (secondary N) is 2. The Hall–Kier alpha value is -5.49. The zero-order valence-electron chi connectivity index (χ0n) is 26.8. The average Bonchev–Trinajstić information content (AvgIpc) is 3.33. The number of aliphatic hydroxyl groups is 1. The van der Waals surface area contributed by atoms with E-state index in [1.54, 1.807) is 36.5 Å². The van der Waals surface area contributed by atoms with Crippen LogP contribution in [0.15, 0.2) is 66.9 Å². The maximum Gasteiger partial charge on any atom is 0.435 e. The van der Waals surface area contributed by atoms with Crippen LogP contribution in [-0.4, -0.2) is 41.6 Å². The number of aromatic amines is 1. The molecule has 8 nitrogen and oxygen atoms in total. The molecule has 0 radical (unpaired) electrons. The molecule has 0 unspecified atom stereocenters. The van der Waals surface area contributed by atoms with Crippen LogP contribution in [0.1, 0.15) is 59.7 Å². The third-order valence-corrected chi connectivity index (χ3v) is 8.82. The van der Waals surface area contributed by atoms with Crippen molar-refractivity contribution in [3.63, 3.8) is 0 Å². The Morgan fingerprint density at radius 1 is 1.12 bits per heavy atom. The van der Waals surface area contributed by atoms with Crippen LogP contribution in [0.5, 0.6) is 0 Å². The van der Waals surface area contributed by atoms with Crippen molar-refractivity contribution >= 4 is 16.8 Å². The number of aromatic nitrogens is 5. The fourth-order valence-electron chi connectivity index (χ4n) is 6.72. The number of alkyl halides is 5. The smallest absolute Gasteiger partial charge is 0.378 e. The number of hydrogen-bond acceptors (Lipinski definition) is 5. The van der Waals surface area contributed by atoms with Gasteiger partial charge in [0.1, 0.15) is 35.2 Å². The van der Waals surface area contributed by atoms with Crippen LogP contribution in [-0.2, 0) is 29.9 Å². The molecule has 5 aromatic rings. The van der Waals surface area contributed by atoms with Crippen LogP contribution >= 0.6 is 0 Å². The van der Waals surface area contributed by atoms with Gasteiger partial charge >= 0.3 is 6.18 Å². The van der Waals surface area contributed by atoms with Gasteiger partial charge < -0.3 is 10.4 Å². The lowest BCUT2D eigenvalue weighted by molar-refractivity contribution is -0.142. The average molecular weight is 709 g/mol. The second-order valence-corrected chi connectivity index (χ2v) is 13.1. The molecule has 0 saturated heterocycles. The van der Waals surface area contributed by atoms with Crippen LogP contribution in [0.2, 0.25) is 0 Å². The summed E-state index contributed by atoms with van der Waals surface area (Å²) >= 11 is 0. The highest BCUT2D eigenvalue weighted by Gasteiger charge is 2.71. The van der Waals surface area contributed by atoms with Gasteiger partial charge in [-0.3, -0.25) is 14.6 Å². The summed E-state index contributed by atoms with van der Waals surface area (Å²) in [5.74, 6) is -3.97. The second kappa shape index (κ2) is 11.8. The van der Waals surface area contributed by atoms with E-state index >= 15 is 8.78 Å². The zero-order valence-corrected chi connectivity index (χ0v) is 26.8. The standard InChI is InChI=1S/C36H27F7N6O2/c1-17-28-29-32(36(41,42)43)48-49(33(29)35(39,40)30(17)28)16-27(50)46-26(13-18-11-19(37)14-20(38)12-18)31-23(8-7-21(45-31)9-10-34(2,3)51)22-5-4-6-25-24(22)15-44-47-25/h4-8,11-12,14-15,26,28,30,51H,1,13,16H2,2-3H3,(H,44,47)(H,46,50)/t26-,28+,30+/m0/s1. The summed E-state index contributed by atoms with van der Waals surface area (Å²) in [6.45, 7) is 5.36. The number of H-pyrrole nitrogens is 1. The van der Waals surface area contributed by atoms with Gasteiger partial charge in [0.15, 0.2) is 5.69 Å².